The van der Waals surface area contributed by atoms with E-state index in [1.165, 1.54) is 520 Å². The molecule has 0 aromatic rings. The van der Waals surface area contributed by atoms with Crippen LogP contribution in [0.3, 0.4) is 0 Å². The van der Waals surface area contributed by atoms with Gasteiger partial charge in [-0.05, 0) is 26.7 Å². The second kappa shape index (κ2) is 85.5. The Kier molecular flexibility index (Phi) is 85.0. The Morgan fingerprint density at radius 3 is 0.326 bits per heavy atom. The number of unbranched alkanes of at least 4 members (excludes halogenated alkanes) is 81. The lowest BCUT2D eigenvalue weighted by Gasteiger charge is -2.05. The van der Waals surface area contributed by atoms with E-state index < -0.39 is 0 Å². The average Bonchev–Trinajstić information content (AvgIpc) is 3.53. The highest BCUT2D eigenvalue weighted by atomic mass is 16.6. The van der Waals surface area contributed by atoms with Crippen molar-refractivity contribution in [1.29, 1.82) is 0 Å². The van der Waals surface area contributed by atoms with E-state index in [2.05, 4.69) is 12.1 Å². The third-order valence-corrected chi connectivity index (χ3v) is 20.8. The van der Waals surface area contributed by atoms with Crippen molar-refractivity contribution in [2.45, 2.75) is 547 Å². The van der Waals surface area contributed by atoms with Gasteiger partial charge in [0.05, 0.1) is 5.71 Å². The molecule has 534 valence electrons. The zero-order valence-corrected chi connectivity index (χ0v) is 63.0. The maximum Gasteiger partial charge on any atom is 0.117 e. The van der Waals surface area contributed by atoms with Gasteiger partial charge >= 0.3 is 0 Å². The van der Waals surface area contributed by atoms with Crippen LogP contribution in [0.25, 0.3) is 0 Å². The van der Waals surface area contributed by atoms with Crippen LogP contribution in [0.4, 0.5) is 0 Å². The zero-order chi connectivity index (χ0) is 63.7. The first-order valence-corrected chi connectivity index (χ1v) is 43.4. The summed E-state index contributed by atoms with van der Waals surface area (Å²) in [7, 11) is 0. The lowest BCUT2D eigenvalue weighted by molar-refractivity contribution is 0.139. The second-order valence-corrected chi connectivity index (χ2v) is 30.5. The van der Waals surface area contributed by atoms with Crippen molar-refractivity contribution in [3.05, 3.63) is 0 Å². The minimum Gasteiger partial charge on any atom is -0.396 e. The monoisotopic (exact) mass is 1250 g/mol. The van der Waals surface area contributed by atoms with Crippen LogP contribution in [0, 0.1) is 0 Å². The van der Waals surface area contributed by atoms with E-state index in [1.54, 1.807) is 0 Å². The van der Waals surface area contributed by atoms with Crippen LogP contribution >= 0.6 is 0 Å². The van der Waals surface area contributed by atoms with Crippen LogP contribution in [0.1, 0.15) is 547 Å². The summed E-state index contributed by atoms with van der Waals surface area (Å²) in [5.74, 6) is 0. The molecule has 0 unspecified atom stereocenters. The Morgan fingerprint density at radius 1 is 0.146 bits per heavy atom. The maximum absolute atomic E-state index is 5.28. The summed E-state index contributed by atoms with van der Waals surface area (Å²) in [6, 6.07) is 0. The molecule has 0 rings (SSSR count). The molecule has 0 aromatic carbocycles. The van der Waals surface area contributed by atoms with Crippen LogP contribution in [0.5, 0.6) is 0 Å². The third-order valence-electron chi connectivity index (χ3n) is 20.8. The summed E-state index contributed by atoms with van der Waals surface area (Å²) in [5, 5.41) is 4.01. The minimum atomic E-state index is 0.783. The first-order chi connectivity index (χ1) is 44.3. The van der Waals surface area contributed by atoms with Gasteiger partial charge in [-0.25, -0.2) is 0 Å². The van der Waals surface area contributed by atoms with Crippen molar-refractivity contribution in [2.75, 3.05) is 6.61 Å². The molecule has 0 aliphatic rings. The summed E-state index contributed by atoms with van der Waals surface area (Å²) in [6.07, 6.45) is 121. The Bertz CT molecular complexity index is 1210. The van der Waals surface area contributed by atoms with E-state index in [4.69, 9.17) is 4.84 Å². The molecule has 0 bridgehead atoms. The number of hydrogen-bond acceptors (Lipinski definition) is 2. The van der Waals surface area contributed by atoms with E-state index in [9.17, 15) is 0 Å². The van der Waals surface area contributed by atoms with Gasteiger partial charge in [0, 0.05) is 0 Å². The van der Waals surface area contributed by atoms with Crippen molar-refractivity contribution in [1.82, 2.24) is 0 Å². The highest BCUT2D eigenvalue weighted by Gasteiger charge is 2.03. The van der Waals surface area contributed by atoms with Gasteiger partial charge in [0.2, 0.25) is 0 Å². The van der Waals surface area contributed by atoms with Crippen LogP contribution in [0.15, 0.2) is 5.16 Å². The van der Waals surface area contributed by atoms with E-state index in [-0.39, 0.29) is 0 Å². The average molecular weight is 1250 g/mol. The van der Waals surface area contributed by atoms with Gasteiger partial charge in [-0.1, -0.05) is 526 Å². The fraction of sp³-hybridized carbons (Fsp3) is 0.989. The molecule has 2 heteroatoms. The van der Waals surface area contributed by atoms with Crippen molar-refractivity contribution >= 4 is 5.71 Å². The van der Waals surface area contributed by atoms with Gasteiger partial charge in [0.15, 0.2) is 0 Å². The van der Waals surface area contributed by atoms with E-state index in [0.717, 1.165) is 18.7 Å². The van der Waals surface area contributed by atoms with E-state index >= 15 is 0 Å². The number of oxime groups is 1. The summed E-state index contributed by atoms with van der Waals surface area (Å²) >= 11 is 0. The molecule has 0 aliphatic carbocycles. The molecule has 2 nitrogen and oxygen atoms in total. The summed E-state index contributed by atoms with van der Waals surface area (Å²) in [5.41, 5.74) is 1.01. The first kappa shape index (κ1) is 88.5. The molecule has 0 fully saturated rings. The van der Waals surface area contributed by atoms with Crippen LogP contribution < -0.4 is 0 Å². The van der Waals surface area contributed by atoms with Crippen LogP contribution in [-0.2, 0) is 4.84 Å². The number of rotatable bonds is 84. The van der Waals surface area contributed by atoms with Crippen molar-refractivity contribution in [3.63, 3.8) is 0 Å². The first-order valence-electron chi connectivity index (χ1n) is 43.4. The molecular formula is C87H175NO. The predicted molar refractivity (Wildman–Crippen MR) is 409 cm³/mol. The molecule has 0 aliphatic heterocycles. The Morgan fingerprint density at radius 2 is 0.236 bits per heavy atom. The third kappa shape index (κ3) is 87.5. The number of hydrogen-bond donors (Lipinski definition) is 0. The van der Waals surface area contributed by atoms with Crippen molar-refractivity contribution < 1.29 is 4.84 Å². The minimum absolute atomic E-state index is 0.783. The summed E-state index contributed by atoms with van der Waals surface area (Å²) in [4.78, 5) is 5.28. The summed E-state index contributed by atoms with van der Waals surface area (Å²) in [6.45, 7) is 7.07. The zero-order valence-electron chi connectivity index (χ0n) is 63.0. The molecule has 0 aromatic heterocycles. The maximum atomic E-state index is 5.28. The molecular weight excluding hydrogens is 1070 g/mol. The topological polar surface area (TPSA) is 21.6 Å². The molecule has 0 radical (unpaired) electrons. The quantitative estimate of drug-likeness (QED) is 0.0338. The van der Waals surface area contributed by atoms with Gasteiger partial charge < -0.3 is 4.84 Å². The molecule has 0 spiro atoms. The van der Waals surface area contributed by atoms with Crippen LogP contribution in [-0.4, -0.2) is 12.3 Å². The Labute approximate surface area is 566 Å². The number of nitrogens with zero attached hydrogens (tertiary/aromatic N) is 1. The smallest absolute Gasteiger partial charge is 0.117 e. The molecule has 89 heavy (non-hydrogen) atoms. The highest BCUT2D eigenvalue weighted by Crippen LogP contribution is 2.22. The Balaban J connectivity index is 3.09. The molecule has 0 saturated carbocycles. The molecule has 0 heterocycles. The molecule has 0 atom stereocenters. The highest BCUT2D eigenvalue weighted by molar-refractivity contribution is 5.78. The van der Waals surface area contributed by atoms with Gasteiger partial charge in [-0.15, -0.1) is 0 Å². The van der Waals surface area contributed by atoms with Crippen molar-refractivity contribution in [3.8, 4) is 0 Å². The lowest BCUT2D eigenvalue weighted by atomic mass is 10.0. The van der Waals surface area contributed by atoms with Gasteiger partial charge in [-0.2, -0.15) is 0 Å². The van der Waals surface area contributed by atoms with Gasteiger partial charge in [-0.3, -0.25) is 0 Å². The van der Waals surface area contributed by atoms with E-state index in [1.807, 2.05) is 13.8 Å². The summed E-state index contributed by atoms with van der Waals surface area (Å²) < 4.78 is 0. The lowest BCUT2D eigenvalue weighted by Crippen LogP contribution is -1.91. The molecule has 0 saturated heterocycles. The normalized spacial score (nSPS) is 11.7. The molecule has 0 amide bonds. The van der Waals surface area contributed by atoms with Gasteiger partial charge in [0.25, 0.3) is 0 Å². The van der Waals surface area contributed by atoms with E-state index in [0.29, 0.717) is 0 Å². The van der Waals surface area contributed by atoms with Crippen molar-refractivity contribution in [2.24, 2.45) is 5.16 Å². The predicted octanol–water partition coefficient (Wildman–Crippen LogP) is 33.4. The SMILES string of the molecule is CCCCCCCCCCCCCCCCCCCCCCCCCCCCCCCCCCCCCCCCCCCCCCCCCCCCCCCCCCCCCCCCCCCCCCCCCCCCCCCCCCCCON=C(C)C. The fourth-order valence-electron chi connectivity index (χ4n) is 14.6. The second-order valence-electron chi connectivity index (χ2n) is 30.5. The van der Waals surface area contributed by atoms with Gasteiger partial charge in [0.1, 0.15) is 6.61 Å². The molecule has 0 N–H and O–H groups in total. The standard InChI is InChI=1S/C87H175NO/c1-4-5-6-7-8-9-10-11-12-13-14-15-16-17-18-19-20-21-22-23-24-25-26-27-28-29-30-31-32-33-34-35-36-37-38-39-40-41-42-43-44-45-46-47-48-49-50-51-52-53-54-55-56-57-58-59-60-61-62-63-64-65-66-67-68-69-70-71-72-73-74-75-76-77-78-79-80-81-82-83-84-85-86-89-88-87(2)3/h4-86H2,1-3H3. The Hall–Kier alpha value is -0.530. The largest absolute Gasteiger partial charge is 0.396 e. The van der Waals surface area contributed by atoms with Crippen LogP contribution in [0.2, 0.25) is 0 Å². The fourth-order valence-corrected chi connectivity index (χ4v) is 14.6.